The number of aryl methyl sites for hydroxylation is 2. The van der Waals surface area contributed by atoms with Crippen molar-refractivity contribution in [1.29, 1.82) is 0 Å². The van der Waals surface area contributed by atoms with Crippen molar-refractivity contribution in [2.24, 2.45) is 7.05 Å². The highest BCUT2D eigenvalue weighted by Crippen LogP contribution is 2.19. The summed E-state index contributed by atoms with van der Waals surface area (Å²) in [7, 11) is 1.92. The highest BCUT2D eigenvalue weighted by molar-refractivity contribution is 5.95. The van der Waals surface area contributed by atoms with Crippen LogP contribution in [0, 0.1) is 0 Å². The molecule has 1 aromatic rings. The molecule has 0 bridgehead atoms. The number of aromatic nitrogens is 2. The normalized spacial score (nSPS) is 15.9. The van der Waals surface area contributed by atoms with Crippen LogP contribution in [0.15, 0.2) is 23.9 Å². The van der Waals surface area contributed by atoms with E-state index in [4.69, 9.17) is 0 Å². The average molecular weight is 218 g/mol. The maximum Gasteiger partial charge on any atom is 0.158 e. The van der Waals surface area contributed by atoms with E-state index in [9.17, 15) is 4.79 Å². The van der Waals surface area contributed by atoms with Crippen LogP contribution in [0.5, 0.6) is 0 Å². The van der Waals surface area contributed by atoms with E-state index in [0.717, 1.165) is 30.5 Å². The smallest absolute Gasteiger partial charge is 0.158 e. The third kappa shape index (κ3) is 2.60. The minimum absolute atomic E-state index is 0.320. The van der Waals surface area contributed by atoms with Gasteiger partial charge in [-0.3, -0.25) is 9.48 Å². The maximum absolute atomic E-state index is 11.9. The SMILES string of the molecule is Cn1nccc1CCC(=O)C1=CCCCC1. The molecule has 0 radical (unpaired) electrons. The first-order chi connectivity index (χ1) is 7.77. The van der Waals surface area contributed by atoms with Crippen LogP contribution in [0.1, 0.15) is 37.8 Å². The van der Waals surface area contributed by atoms with Crippen LogP contribution >= 0.6 is 0 Å². The fourth-order valence-corrected chi connectivity index (χ4v) is 2.14. The molecule has 0 unspecified atom stereocenters. The summed E-state index contributed by atoms with van der Waals surface area (Å²) in [5, 5.41) is 4.10. The van der Waals surface area contributed by atoms with Crippen LogP contribution in [-0.4, -0.2) is 15.6 Å². The number of carbonyl (C=O) groups is 1. The Hall–Kier alpha value is -1.38. The lowest BCUT2D eigenvalue weighted by molar-refractivity contribution is -0.115. The van der Waals surface area contributed by atoms with Gasteiger partial charge in [-0.1, -0.05) is 6.08 Å². The molecule has 3 nitrogen and oxygen atoms in total. The van der Waals surface area contributed by atoms with Crippen molar-refractivity contribution in [3.05, 3.63) is 29.6 Å². The van der Waals surface area contributed by atoms with Crippen molar-refractivity contribution in [2.45, 2.75) is 38.5 Å². The summed E-state index contributed by atoms with van der Waals surface area (Å²) in [6.45, 7) is 0. The van der Waals surface area contributed by atoms with Crippen molar-refractivity contribution < 1.29 is 4.79 Å². The van der Waals surface area contributed by atoms with Gasteiger partial charge in [-0.05, 0) is 43.7 Å². The zero-order valence-corrected chi connectivity index (χ0v) is 9.78. The molecule has 0 aliphatic heterocycles. The zero-order chi connectivity index (χ0) is 11.4. The zero-order valence-electron chi connectivity index (χ0n) is 9.78. The van der Waals surface area contributed by atoms with Crippen LogP contribution in [0.25, 0.3) is 0 Å². The van der Waals surface area contributed by atoms with Crippen LogP contribution < -0.4 is 0 Å². The van der Waals surface area contributed by atoms with Crippen molar-refractivity contribution in [2.75, 3.05) is 0 Å². The molecule has 1 aliphatic rings. The van der Waals surface area contributed by atoms with Gasteiger partial charge in [0.25, 0.3) is 0 Å². The first kappa shape index (κ1) is 11.1. The summed E-state index contributed by atoms with van der Waals surface area (Å²) in [6, 6.07) is 1.97. The quantitative estimate of drug-likeness (QED) is 0.778. The van der Waals surface area contributed by atoms with E-state index >= 15 is 0 Å². The molecular weight excluding hydrogens is 200 g/mol. The fraction of sp³-hybridized carbons (Fsp3) is 0.538. The Morgan fingerprint density at radius 1 is 1.50 bits per heavy atom. The molecule has 0 fully saturated rings. The Morgan fingerprint density at radius 2 is 2.38 bits per heavy atom. The molecule has 3 heteroatoms. The van der Waals surface area contributed by atoms with E-state index in [-0.39, 0.29) is 0 Å². The third-order valence-electron chi connectivity index (χ3n) is 3.18. The highest BCUT2D eigenvalue weighted by Gasteiger charge is 2.12. The minimum atomic E-state index is 0.320. The van der Waals surface area contributed by atoms with Gasteiger partial charge in [0.2, 0.25) is 0 Å². The fourth-order valence-electron chi connectivity index (χ4n) is 2.14. The maximum atomic E-state index is 11.9. The Labute approximate surface area is 96.2 Å². The number of hydrogen-bond acceptors (Lipinski definition) is 2. The summed E-state index contributed by atoms with van der Waals surface area (Å²) < 4.78 is 1.84. The predicted molar refractivity (Wildman–Crippen MR) is 63.1 cm³/mol. The lowest BCUT2D eigenvalue weighted by Crippen LogP contribution is -2.08. The number of hydrogen-bond donors (Lipinski definition) is 0. The van der Waals surface area contributed by atoms with E-state index in [1.807, 2.05) is 17.8 Å². The summed E-state index contributed by atoms with van der Waals surface area (Å²) in [6.07, 6.45) is 9.77. The van der Waals surface area contributed by atoms with E-state index in [0.29, 0.717) is 12.2 Å². The first-order valence-electron chi connectivity index (χ1n) is 5.96. The second-order valence-electron chi connectivity index (χ2n) is 4.34. The van der Waals surface area contributed by atoms with Gasteiger partial charge in [-0.15, -0.1) is 0 Å². The Kier molecular flexibility index (Phi) is 3.54. The second kappa shape index (κ2) is 5.10. The molecule has 1 heterocycles. The van der Waals surface area contributed by atoms with Gasteiger partial charge in [-0.2, -0.15) is 5.10 Å². The number of nitrogens with zero attached hydrogens (tertiary/aromatic N) is 2. The highest BCUT2D eigenvalue weighted by atomic mass is 16.1. The molecule has 0 saturated heterocycles. The van der Waals surface area contributed by atoms with E-state index in [2.05, 4.69) is 11.2 Å². The molecule has 16 heavy (non-hydrogen) atoms. The Bertz CT molecular complexity index is 404. The minimum Gasteiger partial charge on any atom is -0.295 e. The topological polar surface area (TPSA) is 34.9 Å². The lowest BCUT2D eigenvalue weighted by atomic mass is 9.94. The molecule has 0 aromatic carbocycles. The molecule has 1 aromatic heterocycles. The van der Waals surface area contributed by atoms with E-state index in [1.54, 1.807) is 6.20 Å². The number of Topliss-reactive ketones (excluding diaryl/α,β-unsaturated/α-hetero) is 1. The van der Waals surface area contributed by atoms with Gasteiger partial charge >= 0.3 is 0 Å². The Balaban J connectivity index is 1.88. The van der Waals surface area contributed by atoms with Gasteiger partial charge in [-0.25, -0.2) is 0 Å². The molecule has 0 saturated carbocycles. The number of ketones is 1. The summed E-state index contributed by atoms with van der Waals surface area (Å²) in [5.74, 6) is 0.320. The van der Waals surface area contributed by atoms with Gasteiger partial charge in [0.1, 0.15) is 0 Å². The predicted octanol–water partition coefficient (Wildman–Crippen LogP) is 2.42. The van der Waals surface area contributed by atoms with Gasteiger partial charge < -0.3 is 0 Å². The first-order valence-corrected chi connectivity index (χ1v) is 5.96. The monoisotopic (exact) mass is 218 g/mol. The van der Waals surface area contributed by atoms with E-state index in [1.165, 1.54) is 12.8 Å². The van der Waals surface area contributed by atoms with Gasteiger partial charge in [0, 0.05) is 25.4 Å². The molecule has 1 aliphatic carbocycles. The average Bonchev–Trinajstić information content (AvgIpc) is 2.73. The van der Waals surface area contributed by atoms with Crippen molar-refractivity contribution in [1.82, 2.24) is 9.78 Å². The third-order valence-corrected chi connectivity index (χ3v) is 3.18. The molecular formula is C13H18N2O. The molecule has 0 spiro atoms. The van der Waals surface area contributed by atoms with Gasteiger partial charge in [0.15, 0.2) is 5.78 Å². The number of carbonyl (C=O) groups excluding carboxylic acids is 1. The van der Waals surface area contributed by atoms with Crippen LogP contribution in [-0.2, 0) is 18.3 Å². The second-order valence-corrected chi connectivity index (χ2v) is 4.34. The molecule has 0 amide bonds. The van der Waals surface area contributed by atoms with Crippen molar-refractivity contribution in [3.63, 3.8) is 0 Å². The molecule has 86 valence electrons. The van der Waals surface area contributed by atoms with Gasteiger partial charge in [0.05, 0.1) is 0 Å². The standard InChI is InChI=1S/C13H18N2O/c1-15-12(9-10-14-15)7-8-13(16)11-5-3-2-4-6-11/h5,9-10H,2-4,6-8H2,1H3. The number of rotatable bonds is 4. The molecule has 2 rings (SSSR count). The Morgan fingerprint density at radius 3 is 3.00 bits per heavy atom. The van der Waals surface area contributed by atoms with Crippen LogP contribution in [0.3, 0.4) is 0 Å². The van der Waals surface area contributed by atoms with Crippen molar-refractivity contribution in [3.8, 4) is 0 Å². The van der Waals surface area contributed by atoms with E-state index < -0.39 is 0 Å². The summed E-state index contributed by atoms with van der Waals surface area (Å²) in [4.78, 5) is 11.9. The summed E-state index contributed by atoms with van der Waals surface area (Å²) >= 11 is 0. The van der Waals surface area contributed by atoms with Crippen LogP contribution in [0.2, 0.25) is 0 Å². The lowest BCUT2D eigenvalue weighted by Gasteiger charge is -2.11. The summed E-state index contributed by atoms with van der Waals surface area (Å²) in [5.41, 5.74) is 2.18. The molecule has 0 N–H and O–H groups in total. The largest absolute Gasteiger partial charge is 0.295 e. The number of allylic oxidation sites excluding steroid dienone is 2. The van der Waals surface area contributed by atoms with Crippen LogP contribution in [0.4, 0.5) is 0 Å². The van der Waals surface area contributed by atoms with Crippen molar-refractivity contribution >= 4 is 5.78 Å². The molecule has 0 atom stereocenters.